The van der Waals surface area contributed by atoms with Crippen molar-refractivity contribution in [3.05, 3.63) is 24.0 Å². The van der Waals surface area contributed by atoms with Gasteiger partial charge in [0.2, 0.25) is 5.91 Å². The van der Waals surface area contributed by atoms with Crippen LogP contribution in [0.5, 0.6) is 0 Å². The number of amides is 1. The molecule has 2 N–H and O–H groups in total. The Labute approximate surface area is 117 Å². The average molecular weight is 273 g/mol. The van der Waals surface area contributed by atoms with E-state index in [-0.39, 0.29) is 11.9 Å². The summed E-state index contributed by atoms with van der Waals surface area (Å²) < 4.78 is 1.75. The van der Waals surface area contributed by atoms with Crippen LogP contribution < -0.4 is 10.6 Å². The quantitative estimate of drug-likeness (QED) is 0.886. The highest BCUT2D eigenvalue weighted by Gasteiger charge is 2.21. The third-order valence-corrected chi connectivity index (χ3v) is 3.63. The highest BCUT2D eigenvalue weighted by Crippen LogP contribution is 2.16. The molecule has 1 aliphatic heterocycles. The van der Waals surface area contributed by atoms with E-state index >= 15 is 0 Å². The second-order valence-corrected chi connectivity index (χ2v) is 5.07. The number of carbonyl (C=O) groups excluding carboxylic acids is 1. The summed E-state index contributed by atoms with van der Waals surface area (Å²) in [5.41, 5.74) is 1.80. The van der Waals surface area contributed by atoms with Gasteiger partial charge in [-0.1, -0.05) is 6.92 Å². The monoisotopic (exact) mass is 273 g/mol. The van der Waals surface area contributed by atoms with Gasteiger partial charge in [-0.3, -0.25) is 4.79 Å². The first-order valence-corrected chi connectivity index (χ1v) is 7.16. The minimum atomic E-state index is -0.197. The molecule has 1 saturated heterocycles. The van der Waals surface area contributed by atoms with Crippen LogP contribution in [0.15, 0.2) is 18.3 Å². The van der Waals surface area contributed by atoms with Crippen LogP contribution in [-0.4, -0.2) is 33.1 Å². The average Bonchev–Trinajstić information content (AvgIpc) is 2.84. The molecule has 0 radical (unpaired) electrons. The van der Waals surface area contributed by atoms with Crippen molar-refractivity contribution < 1.29 is 4.79 Å². The third kappa shape index (κ3) is 2.45. The summed E-state index contributed by atoms with van der Waals surface area (Å²) in [6.07, 6.45) is 5.51. The van der Waals surface area contributed by atoms with Crippen molar-refractivity contribution in [2.45, 2.75) is 38.6 Å². The fourth-order valence-electron chi connectivity index (χ4n) is 2.50. The van der Waals surface area contributed by atoms with E-state index in [4.69, 9.17) is 0 Å². The van der Waals surface area contributed by atoms with E-state index in [0.29, 0.717) is 0 Å². The van der Waals surface area contributed by atoms with Gasteiger partial charge in [0.15, 0.2) is 5.65 Å². The molecule has 1 aliphatic rings. The summed E-state index contributed by atoms with van der Waals surface area (Å²) in [7, 11) is 0. The Morgan fingerprint density at radius 1 is 1.50 bits per heavy atom. The van der Waals surface area contributed by atoms with E-state index in [0.717, 1.165) is 49.4 Å². The highest BCUT2D eigenvalue weighted by molar-refractivity contribution is 5.84. The number of rotatable bonds is 3. The number of aryl methyl sites for hydroxylation is 1. The predicted octanol–water partition coefficient (Wildman–Crippen LogP) is 1.37. The van der Waals surface area contributed by atoms with Crippen molar-refractivity contribution in [3.8, 4) is 0 Å². The third-order valence-electron chi connectivity index (χ3n) is 3.63. The van der Waals surface area contributed by atoms with Crippen LogP contribution >= 0.6 is 0 Å². The van der Waals surface area contributed by atoms with Gasteiger partial charge in [-0.25, -0.2) is 4.98 Å². The summed E-state index contributed by atoms with van der Waals surface area (Å²) >= 11 is 0. The van der Waals surface area contributed by atoms with Crippen LogP contribution in [0.3, 0.4) is 0 Å². The topological polar surface area (TPSA) is 71.3 Å². The summed E-state index contributed by atoms with van der Waals surface area (Å²) in [4.78, 5) is 16.5. The second-order valence-electron chi connectivity index (χ2n) is 5.07. The van der Waals surface area contributed by atoms with Gasteiger partial charge >= 0.3 is 0 Å². The molecule has 0 spiro atoms. The molecule has 106 valence electrons. The zero-order chi connectivity index (χ0) is 13.9. The van der Waals surface area contributed by atoms with Gasteiger partial charge in [0, 0.05) is 24.4 Å². The zero-order valence-corrected chi connectivity index (χ0v) is 11.6. The number of fused-ring (bicyclic) bond motifs is 1. The van der Waals surface area contributed by atoms with Gasteiger partial charge in [-0.05, 0) is 25.7 Å². The molecule has 1 amide bonds. The number of nitrogens with one attached hydrogen (secondary N) is 2. The number of aromatic nitrogens is 3. The molecule has 1 fully saturated rings. The van der Waals surface area contributed by atoms with Crippen LogP contribution in [0.25, 0.3) is 5.65 Å². The molecule has 0 aromatic carbocycles. The maximum atomic E-state index is 12.0. The fourth-order valence-corrected chi connectivity index (χ4v) is 2.50. The van der Waals surface area contributed by atoms with Gasteiger partial charge in [-0.15, -0.1) is 0 Å². The predicted molar refractivity (Wildman–Crippen MR) is 76.6 cm³/mol. The Balaban J connectivity index is 1.92. The number of anilines is 1. The van der Waals surface area contributed by atoms with Crippen molar-refractivity contribution in [2.24, 2.45) is 0 Å². The van der Waals surface area contributed by atoms with E-state index in [1.165, 1.54) is 0 Å². The lowest BCUT2D eigenvalue weighted by Crippen LogP contribution is -2.38. The Kier molecular flexibility index (Phi) is 3.54. The molecular formula is C14H19N5O. The van der Waals surface area contributed by atoms with Crippen molar-refractivity contribution in [2.75, 3.05) is 11.9 Å². The number of hydrogen-bond donors (Lipinski definition) is 2. The SMILES string of the molecule is CCc1cc(N[C@H]2CCCCNC2=O)n2nccc2n1. The maximum absolute atomic E-state index is 12.0. The second kappa shape index (κ2) is 5.48. The van der Waals surface area contributed by atoms with E-state index in [1.807, 2.05) is 12.1 Å². The molecular weight excluding hydrogens is 254 g/mol. The first kappa shape index (κ1) is 12.9. The van der Waals surface area contributed by atoms with E-state index < -0.39 is 0 Å². The Morgan fingerprint density at radius 2 is 2.40 bits per heavy atom. The first-order chi connectivity index (χ1) is 9.78. The molecule has 6 heteroatoms. The van der Waals surface area contributed by atoms with Crippen molar-refractivity contribution in [1.82, 2.24) is 19.9 Å². The number of hydrogen-bond acceptors (Lipinski definition) is 4. The Bertz CT molecular complexity index is 621. The summed E-state index contributed by atoms with van der Waals surface area (Å²) in [5.74, 6) is 0.900. The maximum Gasteiger partial charge on any atom is 0.242 e. The van der Waals surface area contributed by atoms with Gasteiger partial charge < -0.3 is 10.6 Å². The highest BCUT2D eigenvalue weighted by atomic mass is 16.2. The molecule has 2 aromatic heterocycles. The van der Waals surface area contributed by atoms with Crippen LogP contribution in [0.1, 0.15) is 31.9 Å². The van der Waals surface area contributed by atoms with Gasteiger partial charge in [0.05, 0.1) is 6.20 Å². The molecule has 2 aromatic rings. The van der Waals surface area contributed by atoms with Crippen LogP contribution in [0.4, 0.5) is 5.82 Å². The van der Waals surface area contributed by atoms with Gasteiger partial charge in [0.25, 0.3) is 0 Å². The van der Waals surface area contributed by atoms with Gasteiger partial charge in [-0.2, -0.15) is 9.61 Å². The molecule has 0 saturated carbocycles. The van der Waals surface area contributed by atoms with E-state index in [2.05, 4.69) is 27.6 Å². The molecule has 0 bridgehead atoms. The standard InChI is InChI=1S/C14H19N5O/c1-2-10-9-13(19-12(17-10)6-8-16-19)18-11-5-3-4-7-15-14(11)20/h6,8-9,11,18H,2-5,7H2,1H3,(H,15,20)/t11-/m0/s1. The van der Waals surface area contributed by atoms with Gasteiger partial charge in [0.1, 0.15) is 11.9 Å². The zero-order valence-electron chi connectivity index (χ0n) is 11.6. The van der Waals surface area contributed by atoms with Crippen molar-refractivity contribution in [1.29, 1.82) is 0 Å². The summed E-state index contributed by atoms with van der Waals surface area (Å²) in [5, 5.41) is 10.5. The Hall–Kier alpha value is -2.11. The molecule has 3 heterocycles. The minimum absolute atomic E-state index is 0.0673. The molecule has 3 rings (SSSR count). The first-order valence-electron chi connectivity index (χ1n) is 7.16. The molecule has 20 heavy (non-hydrogen) atoms. The lowest BCUT2D eigenvalue weighted by molar-refractivity contribution is -0.121. The fraction of sp³-hybridized carbons (Fsp3) is 0.500. The normalized spacial score (nSPS) is 19.6. The van der Waals surface area contributed by atoms with Crippen LogP contribution in [0.2, 0.25) is 0 Å². The molecule has 0 unspecified atom stereocenters. The molecule has 0 aliphatic carbocycles. The largest absolute Gasteiger partial charge is 0.358 e. The smallest absolute Gasteiger partial charge is 0.242 e. The Morgan fingerprint density at radius 3 is 3.25 bits per heavy atom. The molecule has 6 nitrogen and oxygen atoms in total. The molecule has 1 atom stereocenters. The van der Waals surface area contributed by atoms with E-state index in [1.54, 1.807) is 10.7 Å². The van der Waals surface area contributed by atoms with Crippen molar-refractivity contribution in [3.63, 3.8) is 0 Å². The number of nitrogens with zero attached hydrogens (tertiary/aromatic N) is 3. The minimum Gasteiger partial charge on any atom is -0.358 e. The summed E-state index contributed by atoms with van der Waals surface area (Å²) in [6, 6.07) is 3.65. The van der Waals surface area contributed by atoms with Crippen molar-refractivity contribution >= 4 is 17.4 Å². The lowest BCUT2D eigenvalue weighted by Gasteiger charge is -2.17. The summed E-state index contributed by atoms with van der Waals surface area (Å²) in [6.45, 7) is 2.84. The lowest BCUT2D eigenvalue weighted by atomic mass is 10.1. The van der Waals surface area contributed by atoms with Crippen LogP contribution in [-0.2, 0) is 11.2 Å². The van der Waals surface area contributed by atoms with Crippen LogP contribution in [0, 0.1) is 0 Å². The van der Waals surface area contributed by atoms with E-state index in [9.17, 15) is 4.79 Å². The number of carbonyl (C=O) groups is 1.